The van der Waals surface area contributed by atoms with Gasteiger partial charge in [0.15, 0.2) is 0 Å². The lowest BCUT2D eigenvalue weighted by Crippen LogP contribution is -2.35. The summed E-state index contributed by atoms with van der Waals surface area (Å²) in [5, 5.41) is 2.91. The van der Waals surface area contributed by atoms with Crippen LogP contribution in [0.1, 0.15) is 24.8 Å². The molecule has 0 aromatic carbocycles. The Labute approximate surface area is 146 Å². The van der Waals surface area contributed by atoms with E-state index in [4.69, 9.17) is 0 Å². The molecule has 140 valence electrons. The van der Waals surface area contributed by atoms with Crippen molar-refractivity contribution in [2.24, 2.45) is 0 Å². The van der Waals surface area contributed by atoms with E-state index in [1.54, 1.807) is 11.4 Å². The molecule has 0 aliphatic carbocycles. The molecule has 2 aromatic rings. The number of hydrogen-bond donors (Lipinski definition) is 0. The van der Waals surface area contributed by atoms with Crippen molar-refractivity contribution in [2.45, 2.75) is 43.5 Å². The van der Waals surface area contributed by atoms with E-state index in [-0.39, 0.29) is 4.88 Å². The molecule has 0 saturated carbocycles. The second kappa shape index (κ2) is 7.22. The van der Waals surface area contributed by atoms with Gasteiger partial charge in [0.1, 0.15) is 0 Å². The van der Waals surface area contributed by atoms with Crippen LogP contribution in [0.4, 0.5) is 35.1 Å². The molecule has 0 nitrogen and oxygen atoms in total. The number of hydrogen-bond acceptors (Lipinski definition) is 2. The Bertz CT molecular complexity index is 676. The van der Waals surface area contributed by atoms with Crippen molar-refractivity contribution in [1.82, 2.24) is 0 Å². The molecule has 0 bridgehead atoms. The summed E-state index contributed by atoms with van der Waals surface area (Å²) in [6.07, 6.45) is -10.1. The van der Waals surface area contributed by atoms with Crippen LogP contribution < -0.4 is 0 Å². The summed E-state index contributed by atoms with van der Waals surface area (Å²) >= 11 is 2.05. The van der Waals surface area contributed by atoms with E-state index in [1.807, 2.05) is 0 Å². The maximum atomic E-state index is 14.3. The first kappa shape index (κ1) is 20.2. The second-order valence-electron chi connectivity index (χ2n) is 5.51. The monoisotopic (exact) mass is 408 g/mol. The maximum Gasteiger partial charge on any atom is 0.280 e. The number of thiophene rings is 2. The van der Waals surface area contributed by atoms with Crippen LogP contribution in [0, 0.1) is 0 Å². The van der Waals surface area contributed by atoms with Crippen LogP contribution in [-0.4, -0.2) is 18.3 Å². The van der Waals surface area contributed by atoms with Crippen molar-refractivity contribution in [3.05, 3.63) is 34.5 Å². The Hall–Kier alpha value is -1.16. The van der Waals surface area contributed by atoms with Crippen LogP contribution in [0.5, 0.6) is 0 Å². The highest BCUT2D eigenvalue weighted by Gasteiger charge is 2.51. The predicted molar refractivity (Wildman–Crippen MR) is 81.3 cm³/mol. The lowest BCUT2D eigenvalue weighted by molar-refractivity contribution is -0.168. The van der Waals surface area contributed by atoms with Crippen LogP contribution in [0.25, 0.3) is 9.75 Å². The first-order chi connectivity index (χ1) is 11.4. The molecular formula is C15H12F8S2. The number of halogens is 8. The Balaban J connectivity index is 2.19. The first-order valence-electron chi connectivity index (χ1n) is 6.95. The molecule has 2 rings (SSSR count). The SMILES string of the molecule is FC(F)CC(F)(F)CC(F)(F)CC(F)(F)c1ccsc1-c1cccs1. The van der Waals surface area contributed by atoms with E-state index in [9.17, 15) is 35.1 Å². The molecule has 2 heterocycles. The van der Waals surface area contributed by atoms with E-state index in [0.29, 0.717) is 4.88 Å². The zero-order valence-corrected chi connectivity index (χ0v) is 14.1. The van der Waals surface area contributed by atoms with Crippen molar-refractivity contribution in [3.63, 3.8) is 0 Å². The Kier molecular flexibility index (Phi) is 5.82. The first-order valence-corrected chi connectivity index (χ1v) is 8.71. The molecule has 0 unspecified atom stereocenters. The predicted octanol–water partition coefficient (Wildman–Crippen LogP) is 7.27. The van der Waals surface area contributed by atoms with Crippen molar-refractivity contribution in [1.29, 1.82) is 0 Å². The lowest BCUT2D eigenvalue weighted by Gasteiger charge is -2.27. The molecule has 0 radical (unpaired) electrons. The van der Waals surface area contributed by atoms with Crippen LogP contribution in [0.15, 0.2) is 29.0 Å². The Morgan fingerprint density at radius 2 is 1.52 bits per heavy atom. The summed E-state index contributed by atoms with van der Waals surface area (Å²) in [4.78, 5) is 0.520. The molecule has 0 saturated heterocycles. The van der Waals surface area contributed by atoms with Gasteiger partial charge < -0.3 is 0 Å². The molecule has 0 atom stereocenters. The summed E-state index contributed by atoms with van der Waals surface area (Å²) in [6.45, 7) is 0. The molecular weight excluding hydrogens is 396 g/mol. The third kappa shape index (κ3) is 5.40. The molecule has 0 fully saturated rings. The van der Waals surface area contributed by atoms with E-state index < -0.39 is 49.0 Å². The highest BCUT2D eigenvalue weighted by molar-refractivity contribution is 7.20. The minimum absolute atomic E-state index is 0.0788. The fourth-order valence-electron chi connectivity index (χ4n) is 2.35. The molecule has 2 aromatic heterocycles. The van der Waals surface area contributed by atoms with Gasteiger partial charge in [-0.3, -0.25) is 0 Å². The molecule has 0 N–H and O–H groups in total. The standard InChI is InChI=1S/C15H12F8S2/c16-11(17)6-13(18,19)7-14(20,21)8-15(22,23)9-3-5-25-12(9)10-2-1-4-24-10/h1-5,11H,6-8H2. The second-order valence-corrected chi connectivity index (χ2v) is 7.37. The summed E-state index contributed by atoms with van der Waals surface area (Å²) < 4.78 is 106. The van der Waals surface area contributed by atoms with Crippen LogP contribution in [0.3, 0.4) is 0 Å². The maximum absolute atomic E-state index is 14.3. The third-order valence-electron chi connectivity index (χ3n) is 3.26. The Morgan fingerprint density at radius 3 is 2.08 bits per heavy atom. The topological polar surface area (TPSA) is 0 Å². The van der Waals surface area contributed by atoms with E-state index >= 15 is 0 Å². The van der Waals surface area contributed by atoms with Gasteiger partial charge in [-0.15, -0.1) is 22.7 Å². The van der Waals surface area contributed by atoms with Crippen LogP contribution in [0.2, 0.25) is 0 Å². The molecule has 10 heteroatoms. The fourth-order valence-corrected chi connectivity index (χ4v) is 4.19. The minimum Gasteiger partial charge on any atom is -0.210 e. The molecule has 0 aliphatic rings. The number of alkyl halides is 8. The van der Waals surface area contributed by atoms with Gasteiger partial charge in [0.05, 0.1) is 24.1 Å². The smallest absolute Gasteiger partial charge is 0.210 e. The summed E-state index contributed by atoms with van der Waals surface area (Å²) in [6, 6.07) is 4.10. The molecule has 25 heavy (non-hydrogen) atoms. The molecule has 0 aliphatic heterocycles. The number of rotatable bonds is 8. The highest BCUT2D eigenvalue weighted by atomic mass is 32.1. The van der Waals surface area contributed by atoms with Gasteiger partial charge in [-0.1, -0.05) is 6.07 Å². The fraction of sp³-hybridized carbons (Fsp3) is 0.467. The van der Waals surface area contributed by atoms with Crippen molar-refractivity contribution in [3.8, 4) is 9.75 Å². The van der Waals surface area contributed by atoms with Gasteiger partial charge in [-0.2, -0.15) is 0 Å². The molecule has 0 amide bonds. The van der Waals surface area contributed by atoms with Crippen LogP contribution >= 0.6 is 22.7 Å². The largest absolute Gasteiger partial charge is 0.280 e. The summed E-state index contributed by atoms with van der Waals surface area (Å²) in [5.74, 6) is -13.0. The highest BCUT2D eigenvalue weighted by Crippen LogP contribution is 2.48. The van der Waals surface area contributed by atoms with Gasteiger partial charge in [0, 0.05) is 10.4 Å². The quantitative estimate of drug-likeness (QED) is 0.403. The normalized spacial score (nSPS) is 13.6. The minimum atomic E-state index is -4.50. The zero-order chi connectivity index (χ0) is 18.9. The van der Waals surface area contributed by atoms with E-state index in [0.717, 1.165) is 28.7 Å². The summed E-state index contributed by atoms with van der Waals surface area (Å²) in [5.41, 5.74) is -0.684. The van der Waals surface area contributed by atoms with Gasteiger partial charge in [-0.25, -0.2) is 35.1 Å². The van der Waals surface area contributed by atoms with Gasteiger partial charge in [0.2, 0.25) is 6.43 Å². The average Bonchev–Trinajstić information content (AvgIpc) is 3.05. The third-order valence-corrected chi connectivity index (χ3v) is 5.22. The van der Waals surface area contributed by atoms with E-state index in [2.05, 4.69) is 0 Å². The van der Waals surface area contributed by atoms with Crippen LogP contribution in [-0.2, 0) is 5.92 Å². The van der Waals surface area contributed by atoms with Gasteiger partial charge in [-0.05, 0) is 22.9 Å². The lowest BCUT2D eigenvalue weighted by atomic mass is 9.97. The van der Waals surface area contributed by atoms with Gasteiger partial charge in [0.25, 0.3) is 17.8 Å². The summed E-state index contributed by atoms with van der Waals surface area (Å²) in [7, 11) is 0. The van der Waals surface area contributed by atoms with Crippen molar-refractivity contribution >= 4 is 22.7 Å². The van der Waals surface area contributed by atoms with Crippen molar-refractivity contribution < 1.29 is 35.1 Å². The molecule has 0 spiro atoms. The average molecular weight is 408 g/mol. The van der Waals surface area contributed by atoms with Crippen molar-refractivity contribution in [2.75, 3.05) is 0 Å². The zero-order valence-electron chi connectivity index (χ0n) is 12.4. The van der Waals surface area contributed by atoms with Gasteiger partial charge >= 0.3 is 0 Å². The van der Waals surface area contributed by atoms with E-state index in [1.165, 1.54) is 11.4 Å². The Morgan fingerprint density at radius 1 is 0.840 bits per heavy atom.